The molecule has 7 nitrogen and oxygen atoms in total. The lowest BCUT2D eigenvalue weighted by Crippen LogP contribution is -2.37. The minimum absolute atomic E-state index is 0.111. The Kier molecular flexibility index (Phi) is 6.13. The molecule has 3 heterocycles. The van der Waals surface area contributed by atoms with Gasteiger partial charge in [0.25, 0.3) is 0 Å². The number of carbonyl (C=O) groups excluding carboxylic acids is 2. The molecule has 0 radical (unpaired) electrons. The number of rotatable bonds is 8. The minimum atomic E-state index is -0.180. The Balaban J connectivity index is 1.46. The van der Waals surface area contributed by atoms with E-state index in [0.717, 1.165) is 19.4 Å². The maximum absolute atomic E-state index is 12.8. The average molecular weight is 416 g/mol. The number of hydrogen-bond donors (Lipinski definition) is 1. The molecule has 1 aromatic heterocycles. The third-order valence-corrected chi connectivity index (χ3v) is 5.84. The van der Waals surface area contributed by atoms with Crippen LogP contribution in [0.25, 0.3) is 0 Å². The number of ether oxygens (including phenoxy) is 3. The lowest BCUT2D eigenvalue weighted by Gasteiger charge is -2.24. The highest BCUT2D eigenvalue weighted by Crippen LogP contribution is 2.37. The molecule has 0 unspecified atom stereocenters. The van der Waals surface area contributed by atoms with Crippen molar-refractivity contribution < 1.29 is 23.8 Å². The number of benzene rings is 1. The molecule has 1 aromatic carbocycles. The van der Waals surface area contributed by atoms with Crippen molar-refractivity contribution in [3.63, 3.8) is 0 Å². The Morgan fingerprint density at radius 3 is 2.79 bits per heavy atom. The number of Topliss-reactive ketones (excluding diaryl/α,β-unsaturated/α-hetero) is 1. The molecule has 29 heavy (non-hydrogen) atoms. The van der Waals surface area contributed by atoms with E-state index in [9.17, 15) is 9.59 Å². The summed E-state index contributed by atoms with van der Waals surface area (Å²) in [5, 5.41) is 4.92. The number of amides is 1. The van der Waals surface area contributed by atoms with Crippen LogP contribution in [0, 0.1) is 0 Å². The van der Waals surface area contributed by atoms with Gasteiger partial charge in [0.2, 0.25) is 12.7 Å². The van der Waals surface area contributed by atoms with Crippen LogP contribution in [0.1, 0.15) is 35.0 Å². The Labute approximate surface area is 173 Å². The first-order valence-electron chi connectivity index (χ1n) is 9.69. The van der Waals surface area contributed by atoms with E-state index >= 15 is 0 Å². The number of nitrogens with one attached hydrogen (secondary N) is 1. The zero-order valence-electron chi connectivity index (χ0n) is 16.3. The summed E-state index contributed by atoms with van der Waals surface area (Å²) in [4.78, 5) is 28.2. The summed E-state index contributed by atoms with van der Waals surface area (Å²) in [5.41, 5.74) is 0.853. The number of anilines is 1. The fraction of sp³-hybridized carbons (Fsp3) is 0.429. The van der Waals surface area contributed by atoms with Crippen LogP contribution in [0.3, 0.4) is 0 Å². The van der Waals surface area contributed by atoms with Crippen LogP contribution in [0.4, 0.5) is 5.69 Å². The highest BCUT2D eigenvalue weighted by atomic mass is 32.1. The van der Waals surface area contributed by atoms with Gasteiger partial charge in [0.1, 0.15) is 0 Å². The molecule has 4 rings (SSSR count). The van der Waals surface area contributed by atoms with Crippen LogP contribution in [0.2, 0.25) is 0 Å². The predicted molar refractivity (Wildman–Crippen MR) is 110 cm³/mol. The van der Waals surface area contributed by atoms with Gasteiger partial charge in [-0.25, -0.2) is 0 Å². The molecule has 0 aliphatic carbocycles. The molecule has 2 aliphatic heterocycles. The highest BCUT2D eigenvalue weighted by Gasteiger charge is 2.23. The van der Waals surface area contributed by atoms with Gasteiger partial charge in [-0.15, -0.1) is 11.3 Å². The third-order valence-electron chi connectivity index (χ3n) is 4.98. The molecular weight excluding hydrogens is 392 g/mol. The molecule has 2 aliphatic rings. The van der Waals surface area contributed by atoms with Gasteiger partial charge in [-0.2, -0.15) is 0 Å². The molecule has 0 saturated carbocycles. The Morgan fingerprint density at radius 1 is 1.28 bits per heavy atom. The van der Waals surface area contributed by atoms with E-state index in [0.29, 0.717) is 35.8 Å². The SMILES string of the molecule is CC(=O)c1cc2c(cc1NC(=O)CN(Cc1cccs1)C[C@@H]1CCCO1)OCO2. The van der Waals surface area contributed by atoms with Crippen molar-refractivity contribution in [2.45, 2.75) is 32.4 Å². The van der Waals surface area contributed by atoms with E-state index in [-0.39, 0.29) is 31.1 Å². The Morgan fingerprint density at radius 2 is 2.10 bits per heavy atom. The molecular formula is C21H24N2O5S. The summed E-state index contributed by atoms with van der Waals surface area (Å²) in [7, 11) is 0. The van der Waals surface area contributed by atoms with Gasteiger partial charge in [-0.05, 0) is 37.3 Å². The quantitative estimate of drug-likeness (QED) is 0.666. The van der Waals surface area contributed by atoms with E-state index in [1.54, 1.807) is 23.5 Å². The van der Waals surface area contributed by atoms with E-state index in [4.69, 9.17) is 14.2 Å². The summed E-state index contributed by atoms with van der Waals surface area (Å²) in [6.45, 7) is 3.96. The summed E-state index contributed by atoms with van der Waals surface area (Å²) in [6.07, 6.45) is 2.23. The van der Waals surface area contributed by atoms with Gasteiger partial charge >= 0.3 is 0 Å². The zero-order chi connectivity index (χ0) is 20.2. The first-order valence-corrected chi connectivity index (χ1v) is 10.6. The number of nitrogens with zero attached hydrogens (tertiary/aromatic N) is 1. The Hall–Kier alpha value is -2.42. The van der Waals surface area contributed by atoms with Crippen molar-refractivity contribution in [1.82, 2.24) is 4.90 Å². The highest BCUT2D eigenvalue weighted by molar-refractivity contribution is 7.09. The lowest BCUT2D eigenvalue weighted by atomic mass is 10.1. The van der Waals surface area contributed by atoms with Gasteiger partial charge < -0.3 is 19.5 Å². The van der Waals surface area contributed by atoms with Gasteiger partial charge in [-0.3, -0.25) is 14.5 Å². The summed E-state index contributed by atoms with van der Waals surface area (Å²) in [5.74, 6) is 0.723. The van der Waals surface area contributed by atoms with E-state index in [2.05, 4.69) is 16.3 Å². The van der Waals surface area contributed by atoms with Gasteiger partial charge in [-0.1, -0.05) is 6.07 Å². The number of carbonyl (C=O) groups is 2. The second-order valence-electron chi connectivity index (χ2n) is 7.24. The van der Waals surface area contributed by atoms with Crippen LogP contribution in [0.5, 0.6) is 11.5 Å². The first kappa shape index (κ1) is 19.9. The van der Waals surface area contributed by atoms with Gasteiger partial charge in [0.15, 0.2) is 17.3 Å². The minimum Gasteiger partial charge on any atom is -0.454 e. The largest absolute Gasteiger partial charge is 0.454 e. The summed E-state index contributed by atoms with van der Waals surface area (Å²) >= 11 is 1.67. The molecule has 1 saturated heterocycles. The topological polar surface area (TPSA) is 77.1 Å². The molecule has 0 bridgehead atoms. The fourth-order valence-corrected chi connectivity index (χ4v) is 4.36. The molecule has 1 fully saturated rings. The normalized spacial score (nSPS) is 17.7. The van der Waals surface area contributed by atoms with Crippen molar-refractivity contribution in [2.75, 3.05) is 31.8 Å². The second-order valence-corrected chi connectivity index (χ2v) is 8.27. The van der Waals surface area contributed by atoms with Crippen molar-refractivity contribution in [2.24, 2.45) is 0 Å². The Bertz CT molecular complexity index is 877. The monoisotopic (exact) mass is 416 g/mol. The van der Waals surface area contributed by atoms with E-state index < -0.39 is 0 Å². The van der Waals surface area contributed by atoms with E-state index in [1.165, 1.54) is 11.8 Å². The number of fused-ring (bicyclic) bond motifs is 1. The molecule has 0 spiro atoms. The summed E-state index contributed by atoms with van der Waals surface area (Å²) < 4.78 is 16.5. The molecule has 1 atom stereocenters. The fourth-order valence-electron chi connectivity index (χ4n) is 3.61. The zero-order valence-corrected chi connectivity index (χ0v) is 17.1. The summed E-state index contributed by atoms with van der Waals surface area (Å²) in [6, 6.07) is 7.35. The predicted octanol–water partition coefficient (Wildman–Crippen LogP) is 3.30. The van der Waals surface area contributed by atoms with Crippen molar-refractivity contribution in [3.8, 4) is 11.5 Å². The number of ketones is 1. The van der Waals surface area contributed by atoms with Crippen LogP contribution >= 0.6 is 11.3 Å². The maximum atomic E-state index is 12.8. The standard InChI is InChI=1S/C21H24N2O5S/c1-14(24)17-8-19-20(28-13-27-19)9-18(17)22-21(25)12-23(10-15-4-2-6-26-15)11-16-5-3-7-29-16/h3,5,7-9,15H,2,4,6,10-13H2,1H3,(H,22,25)/t15-/m0/s1. The van der Waals surface area contributed by atoms with Crippen LogP contribution in [-0.2, 0) is 16.1 Å². The number of hydrogen-bond acceptors (Lipinski definition) is 7. The van der Waals surface area contributed by atoms with Crippen molar-refractivity contribution in [3.05, 3.63) is 40.1 Å². The van der Waals surface area contributed by atoms with Crippen molar-refractivity contribution >= 4 is 28.7 Å². The molecule has 1 N–H and O–H groups in total. The second kappa shape index (κ2) is 8.94. The van der Waals surface area contributed by atoms with Gasteiger partial charge in [0, 0.05) is 36.2 Å². The van der Waals surface area contributed by atoms with E-state index in [1.807, 2.05) is 11.4 Å². The van der Waals surface area contributed by atoms with Gasteiger partial charge in [0.05, 0.1) is 18.3 Å². The number of thiophene rings is 1. The third kappa shape index (κ3) is 4.95. The lowest BCUT2D eigenvalue weighted by molar-refractivity contribution is -0.117. The molecule has 1 amide bonds. The van der Waals surface area contributed by atoms with Crippen molar-refractivity contribution in [1.29, 1.82) is 0 Å². The maximum Gasteiger partial charge on any atom is 0.238 e. The van der Waals surface area contributed by atoms with Crippen LogP contribution in [0.15, 0.2) is 29.6 Å². The van der Waals surface area contributed by atoms with Crippen LogP contribution in [-0.4, -0.2) is 49.2 Å². The molecule has 8 heteroatoms. The molecule has 2 aromatic rings. The average Bonchev–Trinajstić information content (AvgIpc) is 3.43. The molecule has 154 valence electrons. The smallest absolute Gasteiger partial charge is 0.238 e. The first-order chi connectivity index (χ1) is 14.1. The van der Waals surface area contributed by atoms with Crippen LogP contribution < -0.4 is 14.8 Å².